The second-order valence-corrected chi connectivity index (χ2v) is 3.34. The third kappa shape index (κ3) is 2.31. The molecule has 1 rings (SSSR count). The number of aliphatic hydroxyl groups is 1. The standard InChI is InChI=1S/C8H13ClN4O/c1-4-12-7(9)6(8(11)13-4)5(10)2-3-14/h5,14H,2-3,10H2,1H3,(H2,11,12,13). The molecule has 0 aromatic carbocycles. The number of rotatable bonds is 3. The van der Waals surface area contributed by atoms with Gasteiger partial charge >= 0.3 is 0 Å². The minimum Gasteiger partial charge on any atom is -0.396 e. The highest BCUT2D eigenvalue weighted by Crippen LogP contribution is 2.26. The van der Waals surface area contributed by atoms with Crippen LogP contribution in [0.3, 0.4) is 0 Å². The van der Waals surface area contributed by atoms with Gasteiger partial charge in [0, 0.05) is 18.2 Å². The van der Waals surface area contributed by atoms with Crippen molar-refractivity contribution in [1.82, 2.24) is 9.97 Å². The van der Waals surface area contributed by atoms with Crippen LogP contribution in [0.5, 0.6) is 0 Å². The molecule has 1 heterocycles. The van der Waals surface area contributed by atoms with Gasteiger partial charge in [0.15, 0.2) is 0 Å². The molecule has 5 nitrogen and oxygen atoms in total. The third-order valence-corrected chi connectivity index (χ3v) is 2.14. The largest absolute Gasteiger partial charge is 0.396 e. The number of hydrogen-bond acceptors (Lipinski definition) is 5. The molecule has 0 radical (unpaired) electrons. The van der Waals surface area contributed by atoms with E-state index in [2.05, 4.69) is 9.97 Å². The molecule has 78 valence electrons. The van der Waals surface area contributed by atoms with E-state index in [0.717, 1.165) is 0 Å². The molecule has 1 unspecified atom stereocenters. The summed E-state index contributed by atoms with van der Waals surface area (Å²) < 4.78 is 0. The van der Waals surface area contributed by atoms with E-state index in [1.807, 2.05) is 0 Å². The molecular formula is C8H13ClN4O. The highest BCUT2D eigenvalue weighted by atomic mass is 35.5. The van der Waals surface area contributed by atoms with Gasteiger partial charge in [-0.05, 0) is 13.3 Å². The molecule has 1 aromatic rings. The van der Waals surface area contributed by atoms with Crippen LogP contribution in [-0.4, -0.2) is 21.7 Å². The average Bonchev–Trinajstić information content (AvgIpc) is 2.01. The van der Waals surface area contributed by atoms with Crippen molar-refractivity contribution in [2.45, 2.75) is 19.4 Å². The molecule has 0 aliphatic carbocycles. The molecular weight excluding hydrogens is 204 g/mol. The lowest BCUT2D eigenvalue weighted by molar-refractivity contribution is 0.276. The fraction of sp³-hybridized carbons (Fsp3) is 0.500. The summed E-state index contributed by atoms with van der Waals surface area (Å²) in [4.78, 5) is 7.91. The van der Waals surface area contributed by atoms with E-state index < -0.39 is 6.04 Å². The lowest BCUT2D eigenvalue weighted by atomic mass is 10.1. The van der Waals surface area contributed by atoms with Crippen molar-refractivity contribution in [3.8, 4) is 0 Å². The van der Waals surface area contributed by atoms with Gasteiger partial charge in [0.05, 0.1) is 0 Å². The normalized spacial score (nSPS) is 12.9. The lowest BCUT2D eigenvalue weighted by Gasteiger charge is -2.13. The zero-order valence-electron chi connectivity index (χ0n) is 7.87. The summed E-state index contributed by atoms with van der Waals surface area (Å²) in [5.41, 5.74) is 11.9. The van der Waals surface area contributed by atoms with Gasteiger partial charge in [0.1, 0.15) is 16.8 Å². The van der Waals surface area contributed by atoms with Gasteiger partial charge in [-0.2, -0.15) is 0 Å². The molecule has 0 amide bonds. The van der Waals surface area contributed by atoms with Gasteiger partial charge in [-0.3, -0.25) is 0 Å². The molecule has 5 N–H and O–H groups in total. The minimum absolute atomic E-state index is 0.0230. The Labute approximate surface area is 87.1 Å². The maximum Gasteiger partial charge on any atom is 0.139 e. The van der Waals surface area contributed by atoms with Crippen LogP contribution in [0.15, 0.2) is 0 Å². The Hall–Kier alpha value is -0.910. The van der Waals surface area contributed by atoms with Gasteiger partial charge in [-0.15, -0.1) is 0 Å². The number of aromatic nitrogens is 2. The number of nitrogen functional groups attached to an aromatic ring is 1. The smallest absolute Gasteiger partial charge is 0.139 e. The van der Waals surface area contributed by atoms with Crippen molar-refractivity contribution in [3.05, 3.63) is 16.5 Å². The summed E-state index contributed by atoms with van der Waals surface area (Å²) in [5.74, 6) is 0.788. The molecule has 1 atom stereocenters. The van der Waals surface area contributed by atoms with Crippen LogP contribution in [0.25, 0.3) is 0 Å². The first-order chi connectivity index (χ1) is 6.56. The number of anilines is 1. The van der Waals surface area contributed by atoms with E-state index >= 15 is 0 Å². The van der Waals surface area contributed by atoms with Crippen LogP contribution in [-0.2, 0) is 0 Å². The quantitative estimate of drug-likeness (QED) is 0.636. The molecule has 0 spiro atoms. The number of aryl methyl sites for hydroxylation is 1. The van der Waals surface area contributed by atoms with Crippen LogP contribution < -0.4 is 11.5 Å². The number of hydrogen-bond donors (Lipinski definition) is 3. The molecule has 1 aromatic heterocycles. The summed E-state index contributed by atoms with van der Waals surface area (Å²) in [6, 6.07) is -0.423. The van der Waals surface area contributed by atoms with Gasteiger partial charge < -0.3 is 16.6 Å². The molecule has 0 aliphatic heterocycles. The van der Waals surface area contributed by atoms with E-state index in [0.29, 0.717) is 17.8 Å². The zero-order chi connectivity index (χ0) is 10.7. The average molecular weight is 217 g/mol. The van der Waals surface area contributed by atoms with Crippen molar-refractivity contribution in [2.24, 2.45) is 5.73 Å². The Kier molecular flexibility index (Phi) is 3.62. The van der Waals surface area contributed by atoms with Crippen molar-refractivity contribution in [2.75, 3.05) is 12.3 Å². The predicted molar refractivity (Wildman–Crippen MR) is 54.8 cm³/mol. The fourth-order valence-corrected chi connectivity index (χ4v) is 1.55. The molecule has 0 aliphatic rings. The van der Waals surface area contributed by atoms with Crippen molar-refractivity contribution in [3.63, 3.8) is 0 Å². The van der Waals surface area contributed by atoms with Crippen molar-refractivity contribution in [1.29, 1.82) is 0 Å². The highest BCUT2D eigenvalue weighted by Gasteiger charge is 2.16. The second-order valence-electron chi connectivity index (χ2n) is 2.98. The monoisotopic (exact) mass is 216 g/mol. The van der Waals surface area contributed by atoms with Gasteiger partial charge in [-0.1, -0.05) is 11.6 Å². The van der Waals surface area contributed by atoms with Crippen LogP contribution in [0, 0.1) is 6.92 Å². The van der Waals surface area contributed by atoms with Crippen LogP contribution in [0.2, 0.25) is 5.15 Å². The van der Waals surface area contributed by atoms with Gasteiger partial charge in [-0.25, -0.2) is 9.97 Å². The van der Waals surface area contributed by atoms with Crippen LogP contribution in [0.1, 0.15) is 23.9 Å². The minimum atomic E-state index is -0.423. The van der Waals surface area contributed by atoms with Crippen molar-refractivity contribution >= 4 is 17.4 Å². The first kappa shape index (κ1) is 11.2. The maximum absolute atomic E-state index is 8.73. The molecule has 14 heavy (non-hydrogen) atoms. The van der Waals surface area contributed by atoms with E-state index in [1.165, 1.54) is 0 Å². The molecule has 0 saturated heterocycles. The van der Waals surface area contributed by atoms with E-state index in [1.54, 1.807) is 6.92 Å². The summed E-state index contributed by atoms with van der Waals surface area (Å²) in [6.07, 6.45) is 0.385. The first-order valence-electron chi connectivity index (χ1n) is 4.22. The second kappa shape index (κ2) is 4.54. The van der Waals surface area contributed by atoms with Crippen molar-refractivity contribution < 1.29 is 5.11 Å². The van der Waals surface area contributed by atoms with Gasteiger partial charge in [0.25, 0.3) is 0 Å². The van der Waals surface area contributed by atoms with Crippen LogP contribution >= 0.6 is 11.6 Å². The SMILES string of the molecule is Cc1nc(N)c(C(N)CCO)c(Cl)n1. The van der Waals surface area contributed by atoms with E-state index in [-0.39, 0.29) is 17.6 Å². The fourth-order valence-electron chi connectivity index (χ4n) is 1.19. The van der Waals surface area contributed by atoms with Crippen LogP contribution in [0.4, 0.5) is 5.82 Å². The molecule has 0 saturated carbocycles. The molecule has 6 heteroatoms. The number of halogens is 1. The predicted octanol–water partition coefficient (Wildman–Crippen LogP) is 0.403. The Morgan fingerprint density at radius 1 is 1.50 bits per heavy atom. The Bertz CT molecular complexity index is 308. The Morgan fingerprint density at radius 2 is 2.14 bits per heavy atom. The number of aliphatic hydroxyl groups excluding tert-OH is 1. The molecule has 0 fully saturated rings. The Balaban J connectivity index is 3.07. The summed E-state index contributed by atoms with van der Waals surface area (Å²) >= 11 is 5.87. The number of nitrogens with zero attached hydrogens (tertiary/aromatic N) is 2. The molecule has 0 bridgehead atoms. The number of nitrogens with two attached hydrogens (primary N) is 2. The summed E-state index contributed by atoms with van der Waals surface area (Å²) in [6.45, 7) is 1.67. The summed E-state index contributed by atoms with van der Waals surface area (Å²) in [5, 5.41) is 8.99. The van der Waals surface area contributed by atoms with E-state index in [4.69, 9.17) is 28.2 Å². The highest BCUT2D eigenvalue weighted by molar-refractivity contribution is 6.30. The third-order valence-electron chi connectivity index (χ3n) is 1.85. The topological polar surface area (TPSA) is 98.0 Å². The van der Waals surface area contributed by atoms with Gasteiger partial charge in [0.2, 0.25) is 0 Å². The lowest BCUT2D eigenvalue weighted by Crippen LogP contribution is -2.16. The summed E-state index contributed by atoms with van der Waals surface area (Å²) in [7, 11) is 0. The Morgan fingerprint density at radius 3 is 2.64 bits per heavy atom. The zero-order valence-corrected chi connectivity index (χ0v) is 8.62. The van der Waals surface area contributed by atoms with E-state index in [9.17, 15) is 0 Å². The maximum atomic E-state index is 8.73. The first-order valence-corrected chi connectivity index (χ1v) is 4.60.